The van der Waals surface area contributed by atoms with Crippen LogP contribution in [0.4, 0.5) is 10.7 Å². The first kappa shape index (κ1) is 18.8. The number of carbonyl (C=O) groups is 2. The van der Waals surface area contributed by atoms with Crippen LogP contribution in [0.15, 0.2) is 29.4 Å². The van der Waals surface area contributed by atoms with Gasteiger partial charge in [0.05, 0.1) is 11.4 Å². The number of carbonyl (C=O) groups excluding carboxylic acids is 2. The van der Waals surface area contributed by atoms with Crippen molar-refractivity contribution >= 4 is 29.6 Å². The highest BCUT2D eigenvalue weighted by atomic mass is 32.2. The Hall–Kier alpha value is -2.55. The number of amides is 3. The second-order valence-electron chi connectivity index (χ2n) is 7.07. The number of hydrogen-bond donors (Lipinski definition) is 1. The number of rotatable bonds is 5. The van der Waals surface area contributed by atoms with Crippen LogP contribution in [0.1, 0.15) is 24.8 Å². The molecule has 1 aromatic heterocycles. The first-order chi connectivity index (χ1) is 13.6. The van der Waals surface area contributed by atoms with E-state index in [1.807, 2.05) is 16.7 Å². The van der Waals surface area contributed by atoms with Crippen LogP contribution in [0.5, 0.6) is 0 Å². The Morgan fingerprint density at radius 1 is 1.11 bits per heavy atom. The molecule has 1 N–H and O–H groups in total. The maximum absolute atomic E-state index is 12.4. The van der Waals surface area contributed by atoms with E-state index in [1.165, 1.54) is 28.6 Å². The third kappa shape index (κ3) is 3.84. The minimum absolute atomic E-state index is 0.150. The molecule has 2 aliphatic heterocycles. The summed E-state index contributed by atoms with van der Waals surface area (Å²) in [5, 5.41) is 12.1. The van der Waals surface area contributed by atoms with Gasteiger partial charge in [-0.2, -0.15) is 0 Å². The summed E-state index contributed by atoms with van der Waals surface area (Å²) >= 11 is 1.32. The lowest BCUT2D eigenvalue weighted by Gasteiger charge is -2.27. The van der Waals surface area contributed by atoms with Gasteiger partial charge in [-0.1, -0.05) is 29.5 Å². The molecular formula is C19H24N6O2S. The molecule has 28 heavy (non-hydrogen) atoms. The second kappa shape index (κ2) is 8.22. The SMILES string of the molecule is Cc1ccc(-n2c(SCC(=O)N3CCNC3=O)nnc2N2CCCCC2)cc1. The van der Waals surface area contributed by atoms with Crippen molar-refractivity contribution in [2.45, 2.75) is 31.3 Å². The number of nitrogens with one attached hydrogen (secondary N) is 1. The fraction of sp³-hybridized carbons (Fsp3) is 0.474. The molecule has 4 rings (SSSR count). The molecule has 2 aromatic rings. The quantitative estimate of drug-likeness (QED) is 0.775. The summed E-state index contributed by atoms with van der Waals surface area (Å²) in [5.74, 6) is 0.757. The zero-order chi connectivity index (χ0) is 19.5. The summed E-state index contributed by atoms with van der Waals surface area (Å²) < 4.78 is 2.02. The van der Waals surface area contributed by atoms with Gasteiger partial charge in [0.25, 0.3) is 0 Å². The molecule has 0 bridgehead atoms. The number of aromatic nitrogens is 3. The molecule has 2 saturated heterocycles. The van der Waals surface area contributed by atoms with E-state index in [2.05, 4.69) is 39.5 Å². The molecule has 8 nitrogen and oxygen atoms in total. The van der Waals surface area contributed by atoms with Crippen molar-refractivity contribution in [1.29, 1.82) is 0 Å². The van der Waals surface area contributed by atoms with Gasteiger partial charge in [0.1, 0.15) is 0 Å². The Kier molecular flexibility index (Phi) is 5.52. The van der Waals surface area contributed by atoms with Gasteiger partial charge in [-0.3, -0.25) is 14.3 Å². The van der Waals surface area contributed by atoms with Crippen molar-refractivity contribution in [1.82, 2.24) is 25.0 Å². The van der Waals surface area contributed by atoms with Crippen molar-refractivity contribution in [2.75, 3.05) is 36.8 Å². The normalized spacial score (nSPS) is 17.1. The van der Waals surface area contributed by atoms with Gasteiger partial charge in [-0.15, -0.1) is 10.2 Å². The Balaban J connectivity index is 1.59. The average Bonchev–Trinajstić information content (AvgIpc) is 3.34. The number of benzene rings is 1. The first-order valence-electron chi connectivity index (χ1n) is 9.62. The smallest absolute Gasteiger partial charge is 0.324 e. The third-order valence-corrected chi connectivity index (χ3v) is 5.94. The molecule has 0 spiro atoms. The van der Waals surface area contributed by atoms with Crippen LogP contribution in [0.3, 0.4) is 0 Å². The van der Waals surface area contributed by atoms with Gasteiger partial charge >= 0.3 is 6.03 Å². The Morgan fingerprint density at radius 3 is 2.54 bits per heavy atom. The van der Waals surface area contributed by atoms with Gasteiger partial charge in [0.2, 0.25) is 11.9 Å². The van der Waals surface area contributed by atoms with Gasteiger partial charge in [0, 0.05) is 26.2 Å². The topological polar surface area (TPSA) is 83.4 Å². The Labute approximate surface area is 168 Å². The maximum Gasteiger partial charge on any atom is 0.324 e. The van der Waals surface area contributed by atoms with E-state index < -0.39 is 0 Å². The number of urea groups is 1. The summed E-state index contributed by atoms with van der Waals surface area (Å²) in [4.78, 5) is 27.6. The van der Waals surface area contributed by atoms with E-state index in [9.17, 15) is 9.59 Å². The van der Waals surface area contributed by atoms with Crippen molar-refractivity contribution in [2.24, 2.45) is 0 Å². The predicted octanol–water partition coefficient (Wildman–Crippen LogP) is 2.21. The largest absolute Gasteiger partial charge is 0.341 e. The van der Waals surface area contributed by atoms with Crippen molar-refractivity contribution in [3.05, 3.63) is 29.8 Å². The molecule has 0 atom stereocenters. The lowest BCUT2D eigenvalue weighted by molar-refractivity contribution is -0.124. The minimum Gasteiger partial charge on any atom is -0.341 e. The number of aryl methyl sites for hydroxylation is 1. The van der Waals surface area contributed by atoms with Crippen LogP contribution in [0, 0.1) is 6.92 Å². The van der Waals surface area contributed by atoms with Crippen LogP contribution in [0.25, 0.3) is 5.69 Å². The molecule has 3 amide bonds. The highest BCUT2D eigenvalue weighted by Gasteiger charge is 2.27. The fourth-order valence-electron chi connectivity index (χ4n) is 3.49. The van der Waals surface area contributed by atoms with E-state index >= 15 is 0 Å². The standard InChI is InChI=1S/C19H24N6O2S/c1-14-5-7-15(8-6-14)25-17(23-10-3-2-4-11-23)21-22-19(25)28-13-16(26)24-12-9-20-18(24)27/h5-8H,2-4,9-13H2,1H3,(H,20,27). The second-order valence-corrected chi connectivity index (χ2v) is 8.01. The van der Waals surface area contributed by atoms with E-state index in [0.29, 0.717) is 18.2 Å². The molecule has 0 aliphatic carbocycles. The minimum atomic E-state index is -0.320. The lowest BCUT2D eigenvalue weighted by atomic mass is 10.1. The van der Waals surface area contributed by atoms with E-state index in [-0.39, 0.29) is 17.7 Å². The maximum atomic E-state index is 12.4. The molecule has 1 aromatic carbocycles. The number of hydrogen-bond acceptors (Lipinski definition) is 6. The highest BCUT2D eigenvalue weighted by Crippen LogP contribution is 2.28. The molecular weight excluding hydrogens is 376 g/mol. The Bertz CT molecular complexity index is 860. The van der Waals surface area contributed by atoms with Crippen LogP contribution < -0.4 is 10.2 Å². The third-order valence-electron chi connectivity index (χ3n) is 5.03. The summed E-state index contributed by atoms with van der Waals surface area (Å²) in [7, 11) is 0. The fourth-order valence-corrected chi connectivity index (χ4v) is 4.31. The van der Waals surface area contributed by atoms with Crippen LogP contribution in [-0.2, 0) is 4.79 Å². The highest BCUT2D eigenvalue weighted by molar-refractivity contribution is 7.99. The number of piperidine rings is 1. The van der Waals surface area contributed by atoms with Gasteiger partial charge in [-0.25, -0.2) is 4.79 Å². The van der Waals surface area contributed by atoms with Gasteiger partial charge < -0.3 is 10.2 Å². The molecule has 2 fully saturated rings. The molecule has 0 radical (unpaired) electrons. The molecule has 2 aliphatic rings. The summed E-state index contributed by atoms with van der Waals surface area (Å²) in [6, 6.07) is 7.89. The molecule has 0 unspecified atom stereocenters. The van der Waals surface area contributed by atoms with Crippen LogP contribution in [-0.4, -0.2) is 63.5 Å². The van der Waals surface area contributed by atoms with Crippen LogP contribution in [0.2, 0.25) is 0 Å². The zero-order valence-corrected chi connectivity index (χ0v) is 16.7. The van der Waals surface area contributed by atoms with Crippen LogP contribution >= 0.6 is 11.8 Å². The number of thioether (sulfide) groups is 1. The summed E-state index contributed by atoms with van der Waals surface area (Å²) in [6.45, 7) is 4.90. The molecule has 3 heterocycles. The number of anilines is 1. The average molecular weight is 401 g/mol. The molecule has 0 saturated carbocycles. The molecule has 148 valence electrons. The predicted molar refractivity (Wildman–Crippen MR) is 108 cm³/mol. The summed E-state index contributed by atoms with van der Waals surface area (Å²) in [6.07, 6.45) is 3.53. The van der Waals surface area contributed by atoms with E-state index in [4.69, 9.17) is 0 Å². The zero-order valence-electron chi connectivity index (χ0n) is 15.9. The molecule has 9 heteroatoms. The number of nitrogens with zero attached hydrogens (tertiary/aromatic N) is 5. The van der Waals surface area contributed by atoms with Crippen molar-refractivity contribution in [3.8, 4) is 5.69 Å². The number of imide groups is 1. The van der Waals surface area contributed by atoms with Gasteiger partial charge in [0.15, 0.2) is 5.16 Å². The van der Waals surface area contributed by atoms with E-state index in [0.717, 1.165) is 37.6 Å². The van der Waals surface area contributed by atoms with E-state index in [1.54, 1.807) is 0 Å². The van der Waals surface area contributed by atoms with Gasteiger partial charge in [-0.05, 0) is 38.3 Å². The monoisotopic (exact) mass is 400 g/mol. The first-order valence-corrected chi connectivity index (χ1v) is 10.6. The van der Waals surface area contributed by atoms with Crippen molar-refractivity contribution < 1.29 is 9.59 Å². The lowest BCUT2D eigenvalue weighted by Crippen LogP contribution is -2.35. The van der Waals surface area contributed by atoms with Crippen molar-refractivity contribution in [3.63, 3.8) is 0 Å². The Morgan fingerprint density at radius 2 is 1.86 bits per heavy atom. The summed E-state index contributed by atoms with van der Waals surface area (Å²) in [5.41, 5.74) is 2.16.